The first-order chi connectivity index (χ1) is 12.5. The Labute approximate surface area is 152 Å². The number of likely N-dealkylation sites (N-methyl/N-ethyl adjacent to an activating group) is 2. The Bertz CT molecular complexity index is 616. The van der Waals surface area contributed by atoms with Gasteiger partial charge in [0.05, 0.1) is 13.2 Å². The molecule has 3 aliphatic heterocycles. The molecule has 0 aromatic carbocycles. The number of fused-ring (bicyclic) bond motifs is 1. The average molecular weight is 366 g/mol. The number of aliphatic imine (C=N–C) groups is 1. The van der Waals surface area contributed by atoms with Crippen molar-refractivity contribution in [3.8, 4) is 0 Å². The number of nitrogens with one attached hydrogen (secondary N) is 1. The van der Waals surface area contributed by atoms with Crippen molar-refractivity contribution in [2.45, 2.75) is 26.1 Å². The standard InChI is InChI=1S/C16H26N6O4/c1-4-22-12-13(19(3)16(25)18-14(12)24)17-15(22)21-8-6-20(7-9-21)10-11(23)26-5-2/h12-13H,4-10H2,1-3H3,(H,18,24,25). The molecule has 0 aromatic rings. The highest BCUT2D eigenvalue weighted by atomic mass is 16.5. The van der Waals surface area contributed by atoms with E-state index in [1.54, 1.807) is 14.0 Å². The SMILES string of the molecule is CCOC(=O)CN1CCN(C2=NC3C(C(=O)NC(=O)N3C)N2CC)CC1. The van der Waals surface area contributed by atoms with Gasteiger partial charge in [-0.2, -0.15) is 0 Å². The van der Waals surface area contributed by atoms with Crippen LogP contribution in [0.15, 0.2) is 4.99 Å². The van der Waals surface area contributed by atoms with Crippen molar-refractivity contribution in [3.05, 3.63) is 0 Å². The number of hydrogen-bond acceptors (Lipinski definition) is 8. The molecule has 0 aromatic heterocycles. The molecular weight excluding hydrogens is 340 g/mol. The van der Waals surface area contributed by atoms with E-state index in [1.807, 2.05) is 11.8 Å². The lowest BCUT2D eigenvalue weighted by Gasteiger charge is -2.39. The van der Waals surface area contributed by atoms with Crippen LogP contribution < -0.4 is 5.32 Å². The van der Waals surface area contributed by atoms with Gasteiger partial charge in [-0.15, -0.1) is 0 Å². The number of ether oxygens (including phenoxy) is 1. The number of hydrogen-bond donors (Lipinski definition) is 1. The Morgan fingerprint density at radius 2 is 1.92 bits per heavy atom. The second kappa shape index (κ2) is 7.48. The van der Waals surface area contributed by atoms with E-state index < -0.39 is 18.2 Å². The van der Waals surface area contributed by atoms with E-state index in [0.29, 0.717) is 39.3 Å². The van der Waals surface area contributed by atoms with Gasteiger partial charge < -0.3 is 19.4 Å². The number of guanidine groups is 1. The monoisotopic (exact) mass is 366 g/mol. The van der Waals surface area contributed by atoms with E-state index in [-0.39, 0.29) is 18.4 Å². The van der Waals surface area contributed by atoms with Crippen LogP contribution >= 0.6 is 0 Å². The molecule has 0 saturated carbocycles. The third-order valence-electron chi connectivity index (χ3n) is 4.99. The fourth-order valence-electron chi connectivity index (χ4n) is 3.61. The molecule has 26 heavy (non-hydrogen) atoms. The number of esters is 1. The molecule has 1 N–H and O–H groups in total. The van der Waals surface area contributed by atoms with Crippen LogP contribution in [0.5, 0.6) is 0 Å². The third-order valence-corrected chi connectivity index (χ3v) is 4.99. The van der Waals surface area contributed by atoms with Crippen LogP contribution in [0.25, 0.3) is 0 Å². The minimum atomic E-state index is -0.497. The summed E-state index contributed by atoms with van der Waals surface area (Å²) in [7, 11) is 1.65. The van der Waals surface area contributed by atoms with Gasteiger partial charge in [-0.05, 0) is 13.8 Å². The molecule has 2 saturated heterocycles. The summed E-state index contributed by atoms with van der Waals surface area (Å²) in [6, 6.07) is -0.910. The number of amides is 3. The molecule has 3 heterocycles. The van der Waals surface area contributed by atoms with Crippen LogP contribution in [0, 0.1) is 0 Å². The molecule has 0 radical (unpaired) electrons. The van der Waals surface area contributed by atoms with Gasteiger partial charge in [0.2, 0.25) is 0 Å². The Hall–Kier alpha value is -2.36. The van der Waals surface area contributed by atoms with Gasteiger partial charge in [-0.3, -0.25) is 19.8 Å². The zero-order valence-corrected chi connectivity index (χ0v) is 15.5. The first-order valence-electron chi connectivity index (χ1n) is 9.01. The molecule has 2 unspecified atom stereocenters. The van der Waals surface area contributed by atoms with E-state index in [0.717, 1.165) is 5.96 Å². The van der Waals surface area contributed by atoms with Crippen molar-refractivity contribution in [1.82, 2.24) is 24.9 Å². The predicted molar refractivity (Wildman–Crippen MR) is 93.3 cm³/mol. The van der Waals surface area contributed by atoms with Crippen molar-refractivity contribution in [2.75, 3.05) is 52.9 Å². The summed E-state index contributed by atoms with van der Waals surface area (Å²) in [4.78, 5) is 48.1. The predicted octanol–water partition coefficient (Wildman–Crippen LogP) is -1.27. The summed E-state index contributed by atoms with van der Waals surface area (Å²) in [5.41, 5.74) is 0. The van der Waals surface area contributed by atoms with Crippen molar-refractivity contribution < 1.29 is 19.1 Å². The summed E-state index contributed by atoms with van der Waals surface area (Å²) in [5, 5.41) is 2.38. The third kappa shape index (κ3) is 3.33. The smallest absolute Gasteiger partial charge is 0.325 e. The zero-order valence-electron chi connectivity index (χ0n) is 15.5. The van der Waals surface area contributed by atoms with Crippen molar-refractivity contribution in [1.29, 1.82) is 0 Å². The minimum absolute atomic E-state index is 0.211. The van der Waals surface area contributed by atoms with Gasteiger partial charge in [-0.1, -0.05) is 0 Å². The zero-order chi connectivity index (χ0) is 18.8. The van der Waals surface area contributed by atoms with Crippen LogP contribution in [0.4, 0.5) is 4.79 Å². The molecule has 2 fully saturated rings. The van der Waals surface area contributed by atoms with Gasteiger partial charge in [0.15, 0.2) is 18.2 Å². The van der Waals surface area contributed by atoms with E-state index in [9.17, 15) is 14.4 Å². The number of nitrogens with zero attached hydrogens (tertiary/aromatic N) is 5. The summed E-state index contributed by atoms with van der Waals surface area (Å²) in [5.74, 6) is 0.229. The number of carbonyl (C=O) groups is 3. The van der Waals surface area contributed by atoms with Gasteiger partial charge in [0, 0.05) is 39.8 Å². The van der Waals surface area contributed by atoms with Gasteiger partial charge in [0.25, 0.3) is 5.91 Å². The summed E-state index contributed by atoms with van der Waals surface area (Å²) >= 11 is 0. The highest BCUT2D eigenvalue weighted by molar-refractivity contribution is 6.03. The van der Waals surface area contributed by atoms with Gasteiger partial charge in [0.1, 0.15) is 0 Å². The quantitative estimate of drug-likeness (QED) is 0.620. The summed E-state index contributed by atoms with van der Waals surface area (Å²) < 4.78 is 5.00. The van der Waals surface area contributed by atoms with E-state index in [4.69, 9.17) is 4.74 Å². The maximum atomic E-state index is 12.3. The second-order valence-corrected chi connectivity index (χ2v) is 6.55. The Morgan fingerprint density at radius 3 is 2.54 bits per heavy atom. The Morgan fingerprint density at radius 1 is 1.23 bits per heavy atom. The second-order valence-electron chi connectivity index (χ2n) is 6.55. The van der Waals surface area contributed by atoms with Gasteiger partial charge in [-0.25, -0.2) is 9.79 Å². The fourth-order valence-corrected chi connectivity index (χ4v) is 3.61. The maximum Gasteiger partial charge on any atom is 0.325 e. The lowest BCUT2D eigenvalue weighted by Crippen LogP contribution is -2.64. The van der Waals surface area contributed by atoms with E-state index in [1.165, 1.54) is 4.90 Å². The highest BCUT2D eigenvalue weighted by Gasteiger charge is 2.49. The lowest BCUT2D eigenvalue weighted by atomic mass is 10.1. The van der Waals surface area contributed by atoms with Crippen LogP contribution in [0.3, 0.4) is 0 Å². The van der Waals surface area contributed by atoms with Crippen molar-refractivity contribution >= 4 is 23.9 Å². The van der Waals surface area contributed by atoms with E-state index >= 15 is 0 Å². The molecule has 0 bridgehead atoms. The van der Waals surface area contributed by atoms with Crippen LogP contribution in [-0.4, -0.2) is 109 Å². The number of carbonyl (C=O) groups excluding carboxylic acids is 3. The Kier molecular flexibility index (Phi) is 5.30. The fraction of sp³-hybridized carbons (Fsp3) is 0.750. The number of imide groups is 1. The normalized spacial score (nSPS) is 26.6. The van der Waals surface area contributed by atoms with Gasteiger partial charge >= 0.3 is 12.0 Å². The van der Waals surface area contributed by atoms with Crippen molar-refractivity contribution in [3.63, 3.8) is 0 Å². The number of piperazine rings is 1. The maximum absolute atomic E-state index is 12.3. The molecule has 10 heteroatoms. The van der Waals surface area contributed by atoms with Crippen LogP contribution in [0.2, 0.25) is 0 Å². The largest absolute Gasteiger partial charge is 0.465 e. The molecule has 3 amide bonds. The molecule has 0 spiro atoms. The molecule has 3 rings (SSSR count). The summed E-state index contributed by atoms with van der Waals surface area (Å²) in [6.07, 6.45) is -0.497. The number of rotatable bonds is 4. The minimum Gasteiger partial charge on any atom is -0.465 e. The Balaban J connectivity index is 1.67. The number of urea groups is 1. The van der Waals surface area contributed by atoms with E-state index in [2.05, 4.69) is 20.1 Å². The molecular formula is C16H26N6O4. The first-order valence-corrected chi connectivity index (χ1v) is 9.01. The van der Waals surface area contributed by atoms with Crippen molar-refractivity contribution in [2.24, 2.45) is 4.99 Å². The molecule has 3 aliphatic rings. The molecule has 10 nitrogen and oxygen atoms in total. The molecule has 0 aliphatic carbocycles. The molecule has 144 valence electrons. The lowest BCUT2D eigenvalue weighted by molar-refractivity contribution is -0.144. The molecule has 2 atom stereocenters. The first kappa shape index (κ1) is 18.4. The van der Waals surface area contributed by atoms with Crippen LogP contribution in [-0.2, 0) is 14.3 Å². The average Bonchev–Trinajstić information content (AvgIpc) is 3.01. The topological polar surface area (TPSA) is 97.8 Å². The summed E-state index contributed by atoms with van der Waals surface area (Å²) in [6.45, 7) is 7.90. The van der Waals surface area contributed by atoms with Crippen LogP contribution in [0.1, 0.15) is 13.8 Å². The highest BCUT2D eigenvalue weighted by Crippen LogP contribution is 2.25.